The van der Waals surface area contributed by atoms with Crippen LogP contribution in [0.1, 0.15) is 83.5 Å². The van der Waals surface area contributed by atoms with Gasteiger partial charge in [-0.3, -0.25) is 14.4 Å². The van der Waals surface area contributed by atoms with Crippen molar-refractivity contribution in [1.29, 1.82) is 0 Å². The number of hydrogen-bond acceptors (Lipinski definition) is 8. The zero-order valence-corrected chi connectivity index (χ0v) is 22.7. The first-order valence-electron chi connectivity index (χ1n) is 12.6. The third-order valence-corrected chi connectivity index (χ3v) is 7.77. The van der Waals surface area contributed by atoms with Crippen LogP contribution < -0.4 is 10.6 Å². The number of nitrogens with one attached hydrogen (secondary N) is 2. The lowest BCUT2D eigenvalue weighted by Crippen LogP contribution is -2.57. The molecule has 5 atom stereocenters. The van der Waals surface area contributed by atoms with E-state index in [-0.39, 0.29) is 42.3 Å². The molecule has 1 saturated heterocycles. The van der Waals surface area contributed by atoms with Crippen LogP contribution in [0.3, 0.4) is 0 Å². The third kappa shape index (κ3) is 8.25. The van der Waals surface area contributed by atoms with E-state index in [1.165, 1.54) is 18.3 Å². The molecule has 0 saturated carbocycles. The van der Waals surface area contributed by atoms with Gasteiger partial charge in [0.05, 0.1) is 18.3 Å². The molecular formula is C25H42N4O5S. The summed E-state index contributed by atoms with van der Waals surface area (Å²) in [4.78, 5) is 44.6. The Hall–Kier alpha value is -2.04. The summed E-state index contributed by atoms with van der Waals surface area (Å²) in [5, 5.41) is 18.0. The SMILES string of the molecule is CC[C@H](C)[C@H](NC(=O)[C@H]1CCCCN1)C(=O)N(C)[C@H](C[C@@H](OC(C)=O)c1nc(CO)cs1)C(C)C. The van der Waals surface area contributed by atoms with Crippen molar-refractivity contribution in [2.45, 2.75) is 97.6 Å². The molecule has 1 aliphatic heterocycles. The maximum Gasteiger partial charge on any atom is 0.303 e. The van der Waals surface area contributed by atoms with Crippen LogP contribution in [-0.4, -0.2) is 64.5 Å². The van der Waals surface area contributed by atoms with Gasteiger partial charge in [-0.25, -0.2) is 4.98 Å². The largest absolute Gasteiger partial charge is 0.455 e. The van der Waals surface area contributed by atoms with Crippen LogP contribution >= 0.6 is 11.3 Å². The molecule has 0 radical (unpaired) electrons. The Morgan fingerprint density at radius 3 is 2.54 bits per heavy atom. The molecule has 35 heavy (non-hydrogen) atoms. The summed E-state index contributed by atoms with van der Waals surface area (Å²) in [6.45, 7) is 9.98. The molecular weight excluding hydrogens is 468 g/mol. The van der Waals surface area contributed by atoms with E-state index >= 15 is 0 Å². The first kappa shape index (κ1) is 29.2. The zero-order chi connectivity index (χ0) is 26.1. The minimum absolute atomic E-state index is 0.0411. The number of carbonyl (C=O) groups is 3. The summed E-state index contributed by atoms with van der Waals surface area (Å²) in [6, 6.07) is -1.17. The van der Waals surface area contributed by atoms with E-state index in [1.807, 2.05) is 27.7 Å². The Labute approximate surface area is 213 Å². The van der Waals surface area contributed by atoms with Crippen molar-refractivity contribution >= 4 is 29.1 Å². The normalized spacial score (nSPS) is 19.5. The van der Waals surface area contributed by atoms with Gasteiger partial charge in [0.25, 0.3) is 0 Å². The number of rotatable bonds is 12. The Morgan fingerprint density at radius 1 is 1.31 bits per heavy atom. The van der Waals surface area contributed by atoms with E-state index in [9.17, 15) is 19.5 Å². The zero-order valence-electron chi connectivity index (χ0n) is 21.9. The molecule has 3 N–H and O–H groups in total. The number of piperidine rings is 1. The van der Waals surface area contributed by atoms with Gasteiger partial charge in [-0.05, 0) is 31.2 Å². The standard InChI is InChI=1S/C25H42N4O5S/c1-7-16(4)22(28-23(32)19-10-8-9-11-26-19)25(33)29(6)20(15(2)3)12-21(34-17(5)31)24-27-18(13-30)14-35-24/h14-16,19-22,26,30H,7-13H2,1-6H3,(H,28,32)/t16-,19+,20+,21+,22-/m0/s1. The lowest BCUT2D eigenvalue weighted by molar-refractivity contribution is -0.149. The predicted octanol–water partition coefficient (Wildman–Crippen LogP) is 2.79. The smallest absolute Gasteiger partial charge is 0.303 e. The van der Waals surface area contributed by atoms with Crippen LogP contribution in [-0.2, 0) is 25.7 Å². The average molecular weight is 511 g/mol. The van der Waals surface area contributed by atoms with Crippen molar-refractivity contribution in [3.8, 4) is 0 Å². The molecule has 0 unspecified atom stereocenters. The van der Waals surface area contributed by atoms with Crippen molar-refractivity contribution in [1.82, 2.24) is 20.5 Å². The minimum atomic E-state index is -0.643. The number of aliphatic hydroxyl groups excluding tert-OH is 1. The predicted molar refractivity (Wildman–Crippen MR) is 136 cm³/mol. The maximum atomic E-state index is 13.7. The van der Waals surface area contributed by atoms with E-state index in [0.29, 0.717) is 17.1 Å². The fourth-order valence-electron chi connectivity index (χ4n) is 4.44. The van der Waals surface area contributed by atoms with Crippen molar-refractivity contribution in [2.24, 2.45) is 11.8 Å². The molecule has 0 bridgehead atoms. The van der Waals surface area contributed by atoms with E-state index in [2.05, 4.69) is 15.6 Å². The van der Waals surface area contributed by atoms with Gasteiger partial charge in [0.2, 0.25) is 11.8 Å². The number of hydrogen-bond donors (Lipinski definition) is 3. The second-order valence-corrected chi connectivity index (χ2v) is 10.7. The van der Waals surface area contributed by atoms with Crippen molar-refractivity contribution < 1.29 is 24.2 Å². The highest BCUT2D eigenvalue weighted by Crippen LogP contribution is 2.31. The number of esters is 1. The molecule has 0 spiro atoms. The fourth-order valence-corrected chi connectivity index (χ4v) is 5.29. The number of thiazole rings is 1. The lowest BCUT2D eigenvalue weighted by atomic mass is 9.92. The van der Waals surface area contributed by atoms with E-state index in [4.69, 9.17) is 4.74 Å². The third-order valence-electron chi connectivity index (χ3n) is 6.79. The first-order valence-corrected chi connectivity index (χ1v) is 13.5. The number of aromatic nitrogens is 1. The lowest BCUT2D eigenvalue weighted by Gasteiger charge is -2.37. The Balaban J connectivity index is 2.23. The second-order valence-electron chi connectivity index (χ2n) is 9.80. The Morgan fingerprint density at radius 2 is 2.03 bits per heavy atom. The van der Waals surface area contributed by atoms with E-state index < -0.39 is 18.1 Å². The molecule has 0 aliphatic carbocycles. The van der Waals surface area contributed by atoms with Crippen molar-refractivity contribution in [2.75, 3.05) is 13.6 Å². The van der Waals surface area contributed by atoms with Crippen LogP contribution in [0.15, 0.2) is 5.38 Å². The molecule has 2 rings (SSSR count). The van der Waals surface area contributed by atoms with E-state index in [1.54, 1.807) is 17.3 Å². The average Bonchev–Trinajstić information content (AvgIpc) is 3.33. The monoisotopic (exact) mass is 510 g/mol. The molecule has 198 valence electrons. The summed E-state index contributed by atoms with van der Waals surface area (Å²) < 4.78 is 5.59. The Bertz CT molecular complexity index is 840. The van der Waals surface area contributed by atoms with Crippen molar-refractivity contribution in [3.05, 3.63) is 16.1 Å². The van der Waals surface area contributed by atoms with Gasteiger partial charge in [-0.1, -0.05) is 40.5 Å². The molecule has 1 aromatic heterocycles. The van der Waals surface area contributed by atoms with Gasteiger partial charge in [-0.2, -0.15) is 0 Å². The molecule has 2 heterocycles. The van der Waals surface area contributed by atoms with Gasteiger partial charge in [0.15, 0.2) is 6.10 Å². The van der Waals surface area contributed by atoms with Crippen LogP contribution in [0, 0.1) is 11.8 Å². The Kier molecular flexibility index (Phi) is 11.6. The molecule has 2 amide bonds. The quantitative estimate of drug-likeness (QED) is 0.370. The van der Waals surface area contributed by atoms with Crippen LogP contribution in [0.2, 0.25) is 0 Å². The highest BCUT2D eigenvalue weighted by Gasteiger charge is 2.36. The fraction of sp³-hybridized carbons (Fsp3) is 0.760. The van der Waals surface area contributed by atoms with Gasteiger partial charge >= 0.3 is 5.97 Å². The minimum Gasteiger partial charge on any atom is -0.455 e. The summed E-state index contributed by atoms with van der Waals surface area (Å²) in [5.41, 5.74) is 0.517. The number of carbonyl (C=O) groups excluding carboxylic acids is 3. The maximum absolute atomic E-state index is 13.7. The van der Waals surface area contributed by atoms with Gasteiger partial charge in [0, 0.05) is 31.8 Å². The molecule has 0 aromatic carbocycles. The number of aliphatic hydroxyl groups is 1. The van der Waals surface area contributed by atoms with Crippen LogP contribution in [0.4, 0.5) is 0 Å². The van der Waals surface area contributed by atoms with Crippen LogP contribution in [0.5, 0.6) is 0 Å². The van der Waals surface area contributed by atoms with Crippen molar-refractivity contribution in [3.63, 3.8) is 0 Å². The summed E-state index contributed by atoms with van der Waals surface area (Å²) >= 11 is 1.32. The molecule has 1 aromatic rings. The molecule has 9 nitrogen and oxygen atoms in total. The number of amides is 2. The molecule has 10 heteroatoms. The van der Waals surface area contributed by atoms with E-state index in [0.717, 1.165) is 32.2 Å². The second kappa shape index (κ2) is 13.9. The number of nitrogens with zero attached hydrogens (tertiary/aromatic N) is 2. The van der Waals surface area contributed by atoms with Crippen LogP contribution in [0.25, 0.3) is 0 Å². The summed E-state index contributed by atoms with van der Waals surface area (Å²) in [6.07, 6.45) is 3.29. The van der Waals surface area contributed by atoms with Gasteiger partial charge in [0.1, 0.15) is 11.0 Å². The highest BCUT2D eigenvalue weighted by atomic mass is 32.1. The highest BCUT2D eigenvalue weighted by molar-refractivity contribution is 7.09. The number of likely N-dealkylation sites (N-methyl/N-ethyl adjacent to an activating group) is 1. The molecule has 1 aliphatic rings. The number of ether oxygens (including phenoxy) is 1. The summed E-state index contributed by atoms with van der Waals surface area (Å²) in [7, 11) is 1.75. The molecule has 1 fully saturated rings. The van der Waals surface area contributed by atoms with Gasteiger partial charge in [-0.15, -0.1) is 11.3 Å². The van der Waals surface area contributed by atoms with Gasteiger partial charge < -0.3 is 25.4 Å². The summed E-state index contributed by atoms with van der Waals surface area (Å²) in [5.74, 6) is -0.695. The topological polar surface area (TPSA) is 121 Å². The first-order chi connectivity index (χ1) is 16.6.